The predicted octanol–water partition coefficient (Wildman–Crippen LogP) is 2.36. The van der Waals surface area contributed by atoms with Gasteiger partial charge in [0.25, 0.3) is 0 Å². The Kier molecular flexibility index (Phi) is 0.464. The second-order valence-corrected chi connectivity index (χ2v) is 4.79. The molecule has 1 spiro atoms. The fraction of sp³-hybridized carbons (Fsp3) is 0.800. The van der Waals surface area contributed by atoms with Gasteiger partial charge in [-0.25, -0.2) is 0 Å². The normalized spacial score (nSPS) is 66.4. The summed E-state index contributed by atoms with van der Waals surface area (Å²) in [7, 11) is 0. The van der Waals surface area contributed by atoms with Crippen LogP contribution in [0, 0.1) is 23.2 Å². The average Bonchev–Trinajstić information content (AvgIpc) is 2.32. The average molecular weight is 132 g/mol. The van der Waals surface area contributed by atoms with Crippen molar-refractivity contribution in [3.8, 4) is 0 Å². The Hall–Kier alpha value is -0.260. The van der Waals surface area contributed by atoms with Gasteiger partial charge in [0.05, 0.1) is 0 Å². The molecule has 4 aliphatic carbocycles. The quantitative estimate of drug-likeness (QED) is 0.444. The van der Waals surface area contributed by atoms with Crippen LogP contribution in [0.15, 0.2) is 11.6 Å². The monoisotopic (exact) mass is 132 g/mol. The first kappa shape index (κ1) is 4.58. The summed E-state index contributed by atoms with van der Waals surface area (Å²) in [5, 5.41) is 0. The van der Waals surface area contributed by atoms with Gasteiger partial charge in [0.1, 0.15) is 0 Å². The van der Waals surface area contributed by atoms with E-state index < -0.39 is 0 Å². The van der Waals surface area contributed by atoms with Crippen molar-refractivity contribution >= 4 is 0 Å². The van der Waals surface area contributed by atoms with Crippen LogP contribution < -0.4 is 0 Å². The Labute approximate surface area is 61.3 Å². The zero-order valence-electron chi connectivity index (χ0n) is 6.14. The molecule has 0 heterocycles. The fourth-order valence-corrected chi connectivity index (χ4v) is 4.35. The van der Waals surface area contributed by atoms with Gasteiger partial charge in [0.2, 0.25) is 0 Å². The molecule has 4 aliphatic rings. The zero-order chi connectivity index (χ0) is 6.34. The van der Waals surface area contributed by atoms with E-state index in [1.54, 1.807) is 12.8 Å². The van der Waals surface area contributed by atoms with E-state index in [0.29, 0.717) is 0 Å². The molecule has 0 aliphatic heterocycles. The van der Waals surface area contributed by atoms with Gasteiger partial charge in [-0.2, -0.15) is 0 Å². The fourth-order valence-electron chi connectivity index (χ4n) is 4.35. The highest BCUT2D eigenvalue weighted by atomic mass is 14.7. The largest absolute Gasteiger partial charge is 0.0816 e. The first-order chi connectivity index (χ1) is 4.89. The van der Waals surface area contributed by atoms with Crippen LogP contribution in [0.4, 0.5) is 0 Å². The molecule has 3 saturated carbocycles. The third-order valence-electron chi connectivity index (χ3n) is 4.80. The van der Waals surface area contributed by atoms with Crippen LogP contribution in [-0.2, 0) is 0 Å². The lowest BCUT2D eigenvalue weighted by Gasteiger charge is -2.65. The maximum Gasteiger partial charge on any atom is -0.0137 e. The number of fused-ring (bicyclic) bond motifs is 1. The van der Waals surface area contributed by atoms with Crippen molar-refractivity contribution in [1.29, 1.82) is 0 Å². The zero-order valence-corrected chi connectivity index (χ0v) is 6.14. The first-order valence-corrected chi connectivity index (χ1v) is 4.59. The molecule has 0 heteroatoms. The first-order valence-electron chi connectivity index (χ1n) is 4.59. The molecule has 0 amide bonds. The van der Waals surface area contributed by atoms with Crippen LogP contribution in [0.3, 0.4) is 0 Å². The van der Waals surface area contributed by atoms with Crippen molar-refractivity contribution in [2.45, 2.75) is 25.7 Å². The minimum atomic E-state index is 0.912. The van der Waals surface area contributed by atoms with Crippen molar-refractivity contribution in [3.63, 3.8) is 0 Å². The van der Waals surface area contributed by atoms with E-state index in [2.05, 4.69) is 6.08 Å². The molecule has 4 unspecified atom stereocenters. The molecule has 3 fully saturated rings. The van der Waals surface area contributed by atoms with Gasteiger partial charge in [-0.3, -0.25) is 0 Å². The summed E-state index contributed by atoms with van der Waals surface area (Å²) in [5.74, 6) is 3.41. The van der Waals surface area contributed by atoms with Gasteiger partial charge in [0.15, 0.2) is 0 Å². The van der Waals surface area contributed by atoms with Crippen LogP contribution in [0.5, 0.6) is 0 Å². The number of allylic oxidation sites excluding steroid dienone is 2. The summed E-state index contributed by atoms with van der Waals surface area (Å²) in [4.78, 5) is 0. The van der Waals surface area contributed by atoms with E-state index in [-0.39, 0.29) is 0 Å². The summed E-state index contributed by atoms with van der Waals surface area (Å²) in [6, 6.07) is 0. The Morgan fingerprint density at radius 2 is 2.30 bits per heavy atom. The van der Waals surface area contributed by atoms with Crippen molar-refractivity contribution < 1.29 is 0 Å². The van der Waals surface area contributed by atoms with E-state index in [0.717, 1.165) is 17.3 Å². The van der Waals surface area contributed by atoms with E-state index in [9.17, 15) is 0 Å². The Morgan fingerprint density at radius 1 is 1.30 bits per heavy atom. The van der Waals surface area contributed by atoms with Gasteiger partial charge >= 0.3 is 0 Å². The highest BCUT2D eigenvalue weighted by Gasteiger charge is 2.70. The Balaban J connectivity index is 1.99. The second kappa shape index (κ2) is 1.01. The summed E-state index contributed by atoms with van der Waals surface area (Å²) < 4.78 is 0. The number of hydrogen-bond donors (Lipinski definition) is 0. The second-order valence-electron chi connectivity index (χ2n) is 4.79. The van der Waals surface area contributed by atoms with Crippen LogP contribution >= 0.6 is 0 Å². The van der Waals surface area contributed by atoms with Gasteiger partial charge in [0, 0.05) is 0 Å². The summed E-state index contributed by atoms with van der Waals surface area (Å²) in [6.45, 7) is 0. The topological polar surface area (TPSA) is 0 Å². The van der Waals surface area contributed by atoms with E-state index >= 15 is 0 Å². The molecule has 52 valence electrons. The van der Waals surface area contributed by atoms with Gasteiger partial charge in [-0.1, -0.05) is 11.6 Å². The van der Waals surface area contributed by atoms with Crippen LogP contribution in [0.1, 0.15) is 25.7 Å². The van der Waals surface area contributed by atoms with Crippen LogP contribution in [0.25, 0.3) is 0 Å². The molecule has 4 rings (SSSR count). The lowest BCUT2D eigenvalue weighted by molar-refractivity contribution is -0.156. The smallest absolute Gasteiger partial charge is 0.0137 e. The molecule has 0 aromatic carbocycles. The third-order valence-corrected chi connectivity index (χ3v) is 4.80. The highest BCUT2D eigenvalue weighted by molar-refractivity contribution is 5.37. The number of rotatable bonds is 0. The van der Waals surface area contributed by atoms with Gasteiger partial charge in [-0.15, -0.1) is 0 Å². The molecular formula is C10H12. The van der Waals surface area contributed by atoms with Crippen LogP contribution in [0.2, 0.25) is 0 Å². The molecule has 0 aromatic rings. The summed E-state index contributed by atoms with van der Waals surface area (Å²) >= 11 is 0. The minimum absolute atomic E-state index is 0.912. The lowest BCUT2D eigenvalue weighted by atomic mass is 9.39. The molecule has 2 bridgehead atoms. The Morgan fingerprint density at radius 3 is 2.90 bits per heavy atom. The molecule has 0 nitrogen and oxygen atoms in total. The maximum absolute atomic E-state index is 2.60. The van der Waals surface area contributed by atoms with Crippen LogP contribution in [-0.4, -0.2) is 0 Å². The van der Waals surface area contributed by atoms with Gasteiger partial charge in [-0.05, 0) is 48.9 Å². The van der Waals surface area contributed by atoms with Crippen molar-refractivity contribution in [2.24, 2.45) is 23.2 Å². The predicted molar refractivity (Wildman–Crippen MR) is 39.5 cm³/mol. The molecule has 0 aromatic heterocycles. The maximum atomic E-state index is 2.60. The molecule has 0 saturated heterocycles. The molecule has 0 N–H and O–H groups in total. The molecular weight excluding hydrogens is 120 g/mol. The third kappa shape index (κ3) is 0.234. The van der Waals surface area contributed by atoms with E-state index in [4.69, 9.17) is 0 Å². The van der Waals surface area contributed by atoms with Crippen molar-refractivity contribution in [1.82, 2.24) is 0 Å². The van der Waals surface area contributed by atoms with Gasteiger partial charge < -0.3 is 0 Å². The van der Waals surface area contributed by atoms with Crippen molar-refractivity contribution in [2.75, 3.05) is 0 Å². The van der Waals surface area contributed by atoms with E-state index in [1.165, 1.54) is 18.8 Å². The standard InChI is InChI=1S/C10H12/c1-6-2-8-4-9-3-7(1)10(8,9)5-6/h1,7-9H,2-5H2. The number of hydrogen-bond acceptors (Lipinski definition) is 0. The molecule has 4 atom stereocenters. The summed E-state index contributed by atoms with van der Waals surface area (Å²) in [6.07, 6.45) is 8.76. The molecule has 0 radical (unpaired) electrons. The lowest BCUT2D eigenvalue weighted by Crippen LogP contribution is -2.58. The van der Waals surface area contributed by atoms with E-state index in [1.807, 2.05) is 5.57 Å². The highest BCUT2D eigenvalue weighted by Crippen LogP contribution is 2.78. The Bertz CT molecular complexity index is 251. The SMILES string of the molecule is C1=C2CC3CC4CC1C34C2. The minimum Gasteiger partial charge on any atom is -0.0816 e. The van der Waals surface area contributed by atoms with Crippen molar-refractivity contribution in [3.05, 3.63) is 11.6 Å². The molecule has 10 heavy (non-hydrogen) atoms. The summed E-state index contributed by atoms with van der Waals surface area (Å²) in [5.41, 5.74) is 2.74.